The molecule has 6 bridgehead atoms. The topological polar surface area (TPSA) is 85.5 Å². The van der Waals surface area contributed by atoms with Gasteiger partial charge in [0, 0.05) is 49.0 Å². The van der Waals surface area contributed by atoms with Crippen molar-refractivity contribution < 1.29 is 32.9 Å². The van der Waals surface area contributed by atoms with E-state index in [0.29, 0.717) is 66.4 Å². The standard InChI is InChI=1S/C39H45F2N3O5/c1-24-19-32-42-30-23-44(32)36(33(24)35(37(45)46)49-38(3,4)5)43-16-14-39(6,15-17-43)47-18-9-7-8-11-25(2)48-31-22-28(40)21-29(41)34(31)27-13-10-12-26(30)20-27/h7-8,10,12-13,19-23,25,35H,9,11,14-18H2,1-6H3,(H,45,46)/t25-,35-/m0/s1. The molecular formula is C39H45F2N3O5. The van der Waals surface area contributed by atoms with Crippen LogP contribution in [0.25, 0.3) is 28.0 Å². The van der Waals surface area contributed by atoms with Crippen LogP contribution in [0.4, 0.5) is 14.6 Å². The number of anilines is 1. The summed E-state index contributed by atoms with van der Waals surface area (Å²) in [6, 6.07) is 11.2. The van der Waals surface area contributed by atoms with Gasteiger partial charge in [0.05, 0.1) is 35.2 Å². The molecule has 1 saturated heterocycles. The molecule has 10 heteroatoms. The van der Waals surface area contributed by atoms with Crippen LogP contribution in [0.15, 0.2) is 60.8 Å². The fraction of sp³-hybridized carbons (Fsp3) is 0.436. The summed E-state index contributed by atoms with van der Waals surface area (Å²) in [4.78, 5) is 20.0. The number of rotatable bonds is 3. The number of carboxylic acids is 1. The second-order valence-corrected chi connectivity index (χ2v) is 14.4. The minimum Gasteiger partial charge on any atom is -0.490 e. The van der Waals surface area contributed by atoms with Gasteiger partial charge in [-0.3, -0.25) is 4.40 Å². The van der Waals surface area contributed by atoms with E-state index >= 15 is 4.39 Å². The van der Waals surface area contributed by atoms with Crippen LogP contribution in [-0.4, -0.2) is 57.5 Å². The van der Waals surface area contributed by atoms with Gasteiger partial charge in [0.25, 0.3) is 0 Å². The molecule has 2 atom stereocenters. The van der Waals surface area contributed by atoms with Crippen molar-refractivity contribution in [3.63, 3.8) is 0 Å². The van der Waals surface area contributed by atoms with Crippen molar-refractivity contribution in [2.24, 2.45) is 0 Å². The van der Waals surface area contributed by atoms with E-state index in [1.807, 2.05) is 81.6 Å². The Morgan fingerprint density at radius 3 is 2.55 bits per heavy atom. The van der Waals surface area contributed by atoms with Crippen LogP contribution in [0.3, 0.4) is 0 Å². The Kier molecular flexibility index (Phi) is 9.57. The van der Waals surface area contributed by atoms with Crippen molar-refractivity contribution in [1.29, 1.82) is 0 Å². The molecule has 0 unspecified atom stereocenters. The molecule has 0 spiro atoms. The van der Waals surface area contributed by atoms with E-state index in [1.165, 1.54) is 6.07 Å². The van der Waals surface area contributed by atoms with Gasteiger partial charge in [0.15, 0.2) is 6.10 Å². The van der Waals surface area contributed by atoms with Gasteiger partial charge in [-0.2, -0.15) is 0 Å². The lowest BCUT2D eigenvalue weighted by atomic mass is 9.92. The predicted molar refractivity (Wildman–Crippen MR) is 186 cm³/mol. The molecule has 0 saturated carbocycles. The lowest BCUT2D eigenvalue weighted by Crippen LogP contribution is -2.45. The minimum atomic E-state index is -1.22. The van der Waals surface area contributed by atoms with Crippen molar-refractivity contribution in [3.05, 3.63) is 83.6 Å². The molecule has 0 radical (unpaired) electrons. The molecule has 0 aliphatic carbocycles. The van der Waals surface area contributed by atoms with Crippen LogP contribution >= 0.6 is 0 Å². The highest BCUT2D eigenvalue weighted by Crippen LogP contribution is 2.41. The van der Waals surface area contributed by atoms with Crippen molar-refractivity contribution in [2.75, 3.05) is 24.6 Å². The highest BCUT2D eigenvalue weighted by atomic mass is 19.1. The fourth-order valence-corrected chi connectivity index (χ4v) is 6.75. The highest BCUT2D eigenvalue weighted by molar-refractivity contribution is 5.80. The van der Waals surface area contributed by atoms with E-state index in [9.17, 15) is 14.3 Å². The van der Waals surface area contributed by atoms with Gasteiger partial charge in [0.2, 0.25) is 0 Å². The van der Waals surface area contributed by atoms with E-state index in [2.05, 4.69) is 11.8 Å². The number of aryl methyl sites for hydroxylation is 1. The Labute approximate surface area is 286 Å². The third-order valence-corrected chi connectivity index (χ3v) is 9.21. The van der Waals surface area contributed by atoms with Gasteiger partial charge in [-0.25, -0.2) is 18.6 Å². The van der Waals surface area contributed by atoms with Gasteiger partial charge >= 0.3 is 5.97 Å². The smallest absolute Gasteiger partial charge is 0.337 e. The Morgan fingerprint density at radius 1 is 1.10 bits per heavy atom. The zero-order valence-corrected chi connectivity index (χ0v) is 29.1. The molecular weight excluding hydrogens is 628 g/mol. The van der Waals surface area contributed by atoms with E-state index in [4.69, 9.17) is 19.2 Å². The molecule has 5 heterocycles. The first-order chi connectivity index (χ1) is 23.2. The van der Waals surface area contributed by atoms with Crippen LogP contribution in [0.5, 0.6) is 5.75 Å². The Bertz CT molecular complexity index is 1890. The lowest BCUT2D eigenvalue weighted by Gasteiger charge is -2.41. The van der Waals surface area contributed by atoms with Gasteiger partial charge in [-0.05, 0) is 84.1 Å². The number of halogens is 2. The number of pyridine rings is 1. The summed E-state index contributed by atoms with van der Waals surface area (Å²) in [6.45, 7) is 13.3. The van der Waals surface area contributed by atoms with Crippen molar-refractivity contribution in [3.8, 4) is 28.1 Å². The number of piperidine rings is 1. The van der Waals surface area contributed by atoms with Crippen molar-refractivity contribution in [2.45, 2.75) is 90.6 Å². The molecule has 1 fully saturated rings. The molecule has 7 rings (SSSR count). The van der Waals surface area contributed by atoms with Crippen molar-refractivity contribution >= 4 is 17.4 Å². The molecule has 0 amide bonds. The maximum Gasteiger partial charge on any atom is 0.337 e. The second kappa shape index (κ2) is 13.6. The van der Waals surface area contributed by atoms with E-state index in [-0.39, 0.29) is 23.0 Å². The summed E-state index contributed by atoms with van der Waals surface area (Å²) in [6.07, 6.45) is 7.16. The Hall–Kier alpha value is -4.28. The first kappa shape index (κ1) is 34.6. The van der Waals surface area contributed by atoms with Gasteiger partial charge in [0.1, 0.15) is 28.8 Å². The summed E-state index contributed by atoms with van der Waals surface area (Å²) in [5.41, 5.74) is 2.92. The lowest BCUT2D eigenvalue weighted by molar-refractivity contribution is -0.160. The Balaban J connectivity index is 1.54. The average molecular weight is 674 g/mol. The number of imidazole rings is 1. The zero-order valence-electron chi connectivity index (χ0n) is 29.1. The average Bonchev–Trinajstić information content (AvgIpc) is 3.44. The zero-order chi connectivity index (χ0) is 35.1. The van der Waals surface area contributed by atoms with Crippen LogP contribution in [0.1, 0.15) is 77.5 Å². The normalized spacial score (nSPS) is 20.9. The Morgan fingerprint density at radius 2 is 1.84 bits per heavy atom. The predicted octanol–water partition coefficient (Wildman–Crippen LogP) is 8.69. The molecule has 4 aromatic rings. The molecule has 3 aliphatic heterocycles. The largest absolute Gasteiger partial charge is 0.490 e. The number of aliphatic carboxylic acids is 1. The summed E-state index contributed by atoms with van der Waals surface area (Å²) in [5.74, 6) is -1.68. The number of benzene rings is 2. The number of aromatic nitrogens is 2. The molecule has 260 valence electrons. The summed E-state index contributed by atoms with van der Waals surface area (Å²) >= 11 is 0. The number of carbonyl (C=O) groups is 1. The van der Waals surface area contributed by atoms with E-state index in [1.54, 1.807) is 6.07 Å². The number of hydrogen-bond donors (Lipinski definition) is 1. The van der Waals surface area contributed by atoms with Crippen LogP contribution in [-0.2, 0) is 14.3 Å². The van der Waals surface area contributed by atoms with Crippen LogP contribution in [0.2, 0.25) is 0 Å². The SMILES string of the molecule is Cc1cc2nc3cn2c(c1[C@H](OC(C)(C)C)C(=O)O)N1CCC(C)(CC1)OCCC=CC[C@H](C)Oc1cc(F)cc(F)c1-c1cccc-3c1. The van der Waals surface area contributed by atoms with Crippen LogP contribution in [0, 0.1) is 18.6 Å². The minimum absolute atomic E-state index is 0.123. The van der Waals surface area contributed by atoms with E-state index < -0.39 is 29.3 Å². The summed E-state index contributed by atoms with van der Waals surface area (Å²) < 4.78 is 50.7. The number of nitrogens with zero attached hydrogens (tertiary/aromatic N) is 3. The van der Waals surface area contributed by atoms with Crippen molar-refractivity contribution in [1.82, 2.24) is 9.38 Å². The number of carboxylic acid groups (broad SMARTS) is 1. The van der Waals surface area contributed by atoms with Gasteiger partial charge in [-0.15, -0.1) is 0 Å². The third kappa shape index (κ3) is 7.50. The monoisotopic (exact) mass is 673 g/mol. The molecule has 49 heavy (non-hydrogen) atoms. The summed E-state index contributed by atoms with van der Waals surface area (Å²) in [5, 5.41) is 10.5. The molecule has 8 nitrogen and oxygen atoms in total. The maximum absolute atomic E-state index is 15.5. The second-order valence-electron chi connectivity index (χ2n) is 14.4. The quantitative estimate of drug-likeness (QED) is 0.218. The third-order valence-electron chi connectivity index (χ3n) is 9.21. The van der Waals surface area contributed by atoms with Gasteiger partial charge < -0.3 is 24.2 Å². The summed E-state index contributed by atoms with van der Waals surface area (Å²) in [7, 11) is 0. The maximum atomic E-state index is 15.5. The van der Waals surface area contributed by atoms with Gasteiger partial charge in [-0.1, -0.05) is 30.4 Å². The van der Waals surface area contributed by atoms with Crippen LogP contribution < -0.4 is 9.64 Å². The van der Waals surface area contributed by atoms with E-state index in [0.717, 1.165) is 24.5 Å². The number of hydrogen-bond acceptors (Lipinski definition) is 6. The number of fused-ring (bicyclic) bond motifs is 8. The molecule has 2 aromatic carbocycles. The first-order valence-corrected chi connectivity index (χ1v) is 16.9. The first-order valence-electron chi connectivity index (χ1n) is 16.9. The molecule has 1 N–H and O–H groups in total. The fourth-order valence-electron chi connectivity index (χ4n) is 6.75. The highest BCUT2D eigenvalue weighted by Gasteiger charge is 2.37. The molecule has 2 aromatic heterocycles. The molecule has 3 aliphatic rings. The number of ether oxygens (including phenoxy) is 3.